The highest BCUT2D eigenvalue weighted by Crippen LogP contribution is 2.06. The molecule has 1 aromatic carbocycles. The molecule has 0 N–H and O–H groups in total. The number of ether oxygens (including phenoxy) is 1. The number of carbonyl (C=O) groups excluding carboxylic acids is 1. The van der Waals surface area contributed by atoms with Gasteiger partial charge in [0.1, 0.15) is 6.61 Å². The first kappa shape index (κ1) is 18.6. The summed E-state index contributed by atoms with van der Waals surface area (Å²) in [5, 5.41) is 1.04. The summed E-state index contributed by atoms with van der Waals surface area (Å²) in [4.78, 5) is 11.6. The summed E-state index contributed by atoms with van der Waals surface area (Å²) in [5.74, 6) is -0.378. The van der Waals surface area contributed by atoms with E-state index in [2.05, 4.69) is 20.4 Å². The SMILES string of the molecule is C=C(C)C(=O)OCc1ccccc1[SiH](OCCC)OCCC. The first-order chi connectivity index (χ1) is 10.6. The number of benzene rings is 1. The van der Waals surface area contributed by atoms with Crippen LogP contribution in [0.2, 0.25) is 0 Å². The second-order valence-electron chi connectivity index (χ2n) is 5.13. The average Bonchev–Trinajstić information content (AvgIpc) is 2.53. The molecular weight excluding hydrogens is 296 g/mol. The van der Waals surface area contributed by atoms with E-state index in [1.54, 1.807) is 6.92 Å². The summed E-state index contributed by atoms with van der Waals surface area (Å²) in [6, 6.07) is 7.85. The van der Waals surface area contributed by atoms with Crippen molar-refractivity contribution >= 4 is 20.4 Å². The summed E-state index contributed by atoms with van der Waals surface area (Å²) in [6.45, 7) is 11.0. The molecule has 0 atom stereocenters. The fourth-order valence-electron chi connectivity index (χ4n) is 1.84. The van der Waals surface area contributed by atoms with Crippen LogP contribution in [0.5, 0.6) is 0 Å². The van der Waals surface area contributed by atoms with Gasteiger partial charge in [0.15, 0.2) is 0 Å². The van der Waals surface area contributed by atoms with Crippen LogP contribution >= 0.6 is 0 Å². The molecule has 0 amide bonds. The highest BCUT2D eigenvalue weighted by Gasteiger charge is 2.20. The Morgan fingerprint density at radius 2 is 1.73 bits per heavy atom. The lowest BCUT2D eigenvalue weighted by Crippen LogP contribution is -2.40. The monoisotopic (exact) mass is 322 g/mol. The fourth-order valence-corrected chi connectivity index (χ4v) is 3.94. The molecular formula is C17H26O4Si. The van der Waals surface area contributed by atoms with Gasteiger partial charge in [-0.2, -0.15) is 0 Å². The van der Waals surface area contributed by atoms with Crippen LogP contribution in [0.3, 0.4) is 0 Å². The van der Waals surface area contributed by atoms with E-state index in [0.717, 1.165) is 23.6 Å². The van der Waals surface area contributed by atoms with Gasteiger partial charge in [0.05, 0.1) is 0 Å². The van der Waals surface area contributed by atoms with Gasteiger partial charge in [0.25, 0.3) is 0 Å². The molecule has 0 aromatic heterocycles. The normalized spacial score (nSPS) is 10.7. The Bertz CT molecular complexity index is 479. The van der Waals surface area contributed by atoms with E-state index in [-0.39, 0.29) is 12.6 Å². The van der Waals surface area contributed by atoms with Crippen molar-refractivity contribution in [2.75, 3.05) is 13.2 Å². The molecule has 0 saturated heterocycles. The average molecular weight is 322 g/mol. The molecule has 0 aliphatic heterocycles. The van der Waals surface area contributed by atoms with Gasteiger partial charge in [-0.1, -0.05) is 44.7 Å². The maximum Gasteiger partial charge on any atom is 0.356 e. The van der Waals surface area contributed by atoms with Crippen molar-refractivity contribution in [2.24, 2.45) is 0 Å². The Hall–Kier alpha value is -1.43. The summed E-state index contributed by atoms with van der Waals surface area (Å²) >= 11 is 0. The number of hydrogen-bond acceptors (Lipinski definition) is 4. The Morgan fingerprint density at radius 3 is 2.27 bits per heavy atom. The maximum absolute atomic E-state index is 11.6. The number of esters is 1. The minimum absolute atomic E-state index is 0.219. The molecule has 0 heterocycles. The first-order valence-corrected chi connectivity index (χ1v) is 9.25. The molecule has 0 bridgehead atoms. The molecule has 0 spiro atoms. The van der Waals surface area contributed by atoms with Gasteiger partial charge < -0.3 is 13.6 Å². The third-order valence-electron chi connectivity index (χ3n) is 2.96. The van der Waals surface area contributed by atoms with Gasteiger partial charge in [-0.15, -0.1) is 0 Å². The molecule has 0 fully saturated rings. The topological polar surface area (TPSA) is 44.8 Å². The zero-order valence-electron chi connectivity index (χ0n) is 13.8. The van der Waals surface area contributed by atoms with Crippen LogP contribution in [-0.4, -0.2) is 28.5 Å². The van der Waals surface area contributed by atoms with E-state index >= 15 is 0 Å². The van der Waals surface area contributed by atoms with Crippen molar-refractivity contribution in [3.63, 3.8) is 0 Å². The van der Waals surface area contributed by atoms with Gasteiger partial charge in [0.2, 0.25) is 0 Å². The predicted molar refractivity (Wildman–Crippen MR) is 90.3 cm³/mol. The van der Waals surface area contributed by atoms with Gasteiger partial charge in [0, 0.05) is 18.8 Å². The Labute approximate surface area is 134 Å². The van der Waals surface area contributed by atoms with Crippen LogP contribution in [0.25, 0.3) is 0 Å². The van der Waals surface area contributed by atoms with Crippen molar-refractivity contribution in [1.29, 1.82) is 0 Å². The van der Waals surface area contributed by atoms with Crippen molar-refractivity contribution in [3.05, 3.63) is 42.0 Å². The molecule has 0 aliphatic carbocycles. The van der Waals surface area contributed by atoms with Crippen LogP contribution in [-0.2, 0) is 25.0 Å². The maximum atomic E-state index is 11.6. The molecule has 0 aliphatic rings. The quantitative estimate of drug-likeness (QED) is 0.377. The zero-order valence-corrected chi connectivity index (χ0v) is 14.9. The summed E-state index contributed by atoms with van der Waals surface area (Å²) in [6.07, 6.45) is 1.90. The second-order valence-corrected chi connectivity index (χ2v) is 7.08. The molecule has 1 aromatic rings. The number of rotatable bonds is 10. The second kappa shape index (κ2) is 10.3. The van der Waals surface area contributed by atoms with Crippen molar-refractivity contribution in [1.82, 2.24) is 0 Å². The highest BCUT2D eigenvalue weighted by molar-refractivity contribution is 6.61. The van der Waals surface area contributed by atoms with Gasteiger partial charge >= 0.3 is 15.3 Å². The zero-order chi connectivity index (χ0) is 16.4. The predicted octanol–water partition coefficient (Wildman–Crippen LogP) is 2.59. The molecule has 5 heteroatoms. The van der Waals surface area contributed by atoms with Crippen LogP contribution in [0, 0.1) is 0 Å². The summed E-state index contributed by atoms with van der Waals surface area (Å²) in [7, 11) is -1.97. The molecule has 4 nitrogen and oxygen atoms in total. The standard InChI is InChI=1S/C17H26O4Si/c1-5-11-20-22(21-12-6-2)16-10-8-7-9-15(16)13-19-17(18)14(3)4/h7-10,22H,3,5-6,11-13H2,1-2,4H3. The third kappa shape index (κ3) is 6.13. The van der Waals surface area contributed by atoms with Crippen molar-refractivity contribution < 1.29 is 18.4 Å². The lowest BCUT2D eigenvalue weighted by molar-refractivity contribution is -0.140. The number of hydrogen-bond donors (Lipinski definition) is 0. The number of carbonyl (C=O) groups is 1. The molecule has 122 valence electrons. The Kier molecular flexibility index (Phi) is 8.73. The largest absolute Gasteiger partial charge is 0.457 e. The fraction of sp³-hybridized carbons (Fsp3) is 0.471. The summed E-state index contributed by atoms with van der Waals surface area (Å²) < 4.78 is 17.1. The Morgan fingerprint density at radius 1 is 1.14 bits per heavy atom. The third-order valence-corrected chi connectivity index (χ3v) is 5.11. The molecule has 0 radical (unpaired) electrons. The molecule has 0 unspecified atom stereocenters. The van der Waals surface area contributed by atoms with Gasteiger partial charge in [-0.25, -0.2) is 4.79 Å². The smallest absolute Gasteiger partial charge is 0.356 e. The van der Waals surface area contributed by atoms with E-state index in [9.17, 15) is 4.79 Å². The first-order valence-electron chi connectivity index (χ1n) is 7.73. The van der Waals surface area contributed by atoms with Crippen LogP contribution in [0.4, 0.5) is 0 Å². The Balaban J connectivity index is 2.85. The lowest BCUT2D eigenvalue weighted by Gasteiger charge is -2.19. The van der Waals surface area contributed by atoms with E-state index < -0.39 is 9.28 Å². The van der Waals surface area contributed by atoms with E-state index in [1.165, 1.54) is 0 Å². The molecule has 1 rings (SSSR count). The lowest BCUT2D eigenvalue weighted by atomic mass is 10.2. The summed E-state index contributed by atoms with van der Waals surface area (Å²) in [5.41, 5.74) is 1.34. The van der Waals surface area contributed by atoms with Crippen molar-refractivity contribution in [2.45, 2.75) is 40.2 Å². The van der Waals surface area contributed by atoms with Crippen molar-refractivity contribution in [3.8, 4) is 0 Å². The minimum atomic E-state index is -1.97. The highest BCUT2D eigenvalue weighted by atomic mass is 28.3. The van der Waals surface area contributed by atoms with E-state index in [1.807, 2.05) is 24.3 Å². The van der Waals surface area contributed by atoms with E-state index in [0.29, 0.717) is 18.8 Å². The van der Waals surface area contributed by atoms with Crippen LogP contribution < -0.4 is 5.19 Å². The molecule has 0 saturated carbocycles. The van der Waals surface area contributed by atoms with Gasteiger partial charge in [-0.05, 0) is 30.5 Å². The van der Waals surface area contributed by atoms with Gasteiger partial charge in [-0.3, -0.25) is 0 Å². The van der Waals surface area contributed by atoms with E-state index in [4.69, 9.17) is 13.6 Å². The minimum Gasteiger partial charge on any atom is -0.457 e. The molecule has 22 heavy (non-hydrogen) atoms. The van der Waals surface area contributed by atoms with Crippen LogP contribution in [0.1, 0.15) is 39.2 Å². The van der Waals surface area contributed by atoms with Crippen LogP contribution in [0.15, 0.2) is 36.4 Å².